The number of nitrogens with zero attached hydrogens (tertiary/aromatic N) is 2. The Kier molecular flexibility index (Phi) is 6.69. The van der Waals surface area contributed by atoms with Crippen LogP contribution in [0.5, 0.6) is 5.75 Å². The molecule has 1 fully saturated rings. The van der Waals surface area contributed by atoms with Gasteiger partial charge in [-0.3, -0.25) is 9.69 Å². The summed E-state index contributed by atoms with van der Waals surface area (Å²) < 4.78 is 12.4. The molecule has 0 aliphatic carbocycles. The van der Waals surface area contributed by atoms with E-state index in [0.717, 1.165) is 45.4 Å². The molecule has 0 spiro atoms. The van der Waals surface area contributed by atoms with Crippen molar-refractivity contribution in [3.63, 3.8) is 0 Å². The molecule has 3 aromatic rings. The van der Waals surface area contributed by atoms with Gasteiger partial charge in [-0.15, -0.1) is 11.8 Å². The summed E-state index contributed by atoms with van der Waals surface area (Å²) in [7, 11) is 0. The molecule has 1 unspecified atom stereocenters. The van der Waals surface area contributed by atoms with Crippen molar-refractivity contribution in [2.75, 3.05) is 30.4 Å². The average molecular weight is 429 g/mol. The number of benzene rings is 2. The Morgan fingerprint density at radius 2 is 2.17 bits per heavy atom. The summed E-state index contributed by atoms with van der Waals surface area (Å²) >= 11 is 3.08. The second-order valence-electron chi connectivity index (χ2n) is 6.80. The number of hydrogen-bond donors (Lipinski definition) is 0. The number of carbonyl (C=O) groups is 1. The van der Waals surface area contributed by atoms with Crippen LogP contribution in [-0.4, -0.2) is 42.5 Å². The highest BCUT2D eigenvalue weighted by molar-refractivity contribution is 8.00. The van der Waals surface area contributed by atoms with E-state index < -0.39 is 0 Å². The van der Waals surface area contributed by atoms with Crippen molar-refractivity contribution < 1.29 is 14.3 Å². The molecule has 1 aromatic heterocycles. The van der Waals surface area contributed by atoms with Crippen LogP contribution < -0.4 is 9.64 Å². The molecule has 1 saturated heterocycles. The molecular formula is C22H24N2O3S2. The smallest absolute Gasteiger partial charge is 0.239 e. The first-order chi connectivity index (χ1) is 14.2. The highest BCUT2D eigenvalue weighted by atomic mass is 32.2. The number of anilines is 1. The fourth-order valence-corrected chi connectivity index (χ4v) is 5.10. The predicted octanol–water partition coefficient (Wildman–Crippen LogP) is 5.00. The molecule has 0 saturated carbocycles. The first-order valence-corrected chi connectivity index (χ1v) is 11.7. The third-order valence-electron chi connectivity index (χ3n) is 4.71. The Morgan fingerprint density at radius 1 is 1.31 bits per heavy atom. The fraction of sp³-hybridized carbons (Fsp3) is 0.364. The summed E-state index contributed by atoms with van der Waals surface area (Å²) in [5, 5.41) is 0.725. The monoisotopic (exact) mass is 428 g/mol. The molecule has 152 valence electrons. The van der Waals surface area contributed by atoms with E-state index >= 15 is 0 Å². The van der Waals surface area contributed by atoms with Gasteiger partial charge in [0.15, 0.2) is 5.13 Å². The highest BCUT2D eigenvalue weighted by Gasteiger charge is 2.26. The van der Waals surface area contributed by atoms with E-state index in [0.29, 0.717) is 18.9 Å². The van der Waals surface area contributed by atoms with E-state index in [1.165, 1.54) is 11.3 Å². The zero-order valence-corrected chi connectivity index (χ0v) is 18.0. The van der Waals surface area contributed by atoms with Gasteiger partial charge in [0.05, 0.1) is 35.2 Å². The summed E-state index contributed by atoms with van der Waals surface area (Å²) in [6, 6.07) is 15.9. The lowest BCUT2D eigenvalue weighted by atomic mass is 10.2. The molecule has 2 heterocycles. The van der Waals surface area contributed by atoms with Gasteiger partial charge < -0.3 is 9.47 Å². The summed E-state index contributed by atoms with van der Waals surface area (Å²) in [4.78, 5) is 20.8. The zero-order chi connectivity index (χ0) is 20.1. The second-order valence-corrected chi connectivity index (χ2v) is 8.86. The Balaban J connectivity index is 1.55. The lowest BCUT2D eigenvalue weighted by molar-refractivity contribution is -0.116. The highest BCUT2D eigenvalue weighted by Crippen LogP contribution is 2.33. The number of aromatic nitrogens is 1. The van der Waals surface area contributed by atoms with Gasteiger partial charge in [0, 0.05) is 11.5 Å². The van der Waals surface area contributed by atoms with Crippen molar-refractivity contribution in [1.82, 2.24) is 4.98 Å². The van der Waals surface area contributed by atoms with Gasteiger partial charge in [-0.1, -0.05) is 29.5 Å². The van der Waals surface area contributed by atoms with Gasteiger partial charge in [-0.05, 0) is 50.1 Å². The standard InChI is InChI=1S/C22H24N2O3S2/c1-2-26-16-10-11-19-20(13-16)29-22(23-19)24(14-17-7-6-12-27-17)21(25)15-28-18-8-4-3-5-9-18/h3-5,8-11,13,17H,2,6-7,12,14-15H2,1H3. The number of rotatable bonds is 8. The molecule has 2 aromatic carbocycles. The third-order valence-corrected chi connectivity index (χ3v) is 6.75. The van der Waals surface area contributed by atoms with Crippen LogP contribution >= 0.6 is 23.1 Å². The Morgan fingerprint density at radius 3 is 2.93 bits per heavy atom. The number of thiazole rings is 1. The molecule has 29 heavy (non-hydrogen) atoms. The van der Waals surface area contributed by atoms with Crippen molar-refractivity contribution in [3.8, 4) is 5.75 Å². The van der Waals surface area contributed by atoms with Crippen molar-refractivity contribution in [2.24, 2.45) is 0 Å². The molecule has 1 aliphatic heterocycles. The number of thioether (sulfide) groups is 1. The minimum atomic E-state index is 0.0541. The summed E-state index contributed by atoms with van der Waals surface area (Å²) in [5.74, 6) is 1.25. The quantitative estimate of drug-likeness (QED) is 0.473. The van der Waals surface area contributed by atoms with E-state index in [1.807, 2.05) is 55.5 Å². The largest absolute Gasteiger partial charge is 0.494 e. The summed E-state index contributed by atoms with van der Waals surface area (Å²) in [6.45, 7) is 3.90. The van der Waals surface area contributed by atoms with Crippen LogP contribution in [0, 0.1) is 0 Å². The van der Waals surface area contributed by atoms with Crippen LogP contribution in [0.2, 0.25) is 0 Å². The summed E-state index contributed by atoms with van der Waals surface area (Å²) in [5.41, 5.74) is 0.884. The van der Waals surface area contributed by atoms with Crippen LogP contribution in [-0.2, 0) is 9.53 Å². The molecule has 0 bridgehead atoms. The first kappa shape index (κ1) is 20.2. The van der Waals surface area contributed by atoms with E-state index in [-0.39, 0.29) is 12.0 Å². The topological polar surface area (TPSA) is 51.7 Å². The maximum atomic E-state index is 13.1. The van der Waals surface area contributed by atoms with Crippen molar-refractivity contribution in [3.05, 3.63) is 48.5 Å². The molecule has 1 aliphatic rings. The molecule has 0 radical (unpaired) electrons. The minimum Gasteiger partial charge on any atom is -0.494 e. The lowest BCUT2D eigenvalue weighted by Gasteiger charge is -2.23. The summed E-state index contributed by atoms with van der Waals surface area (Å²) in [6.07, 6.45) is 2.10. The fourth-order valence-electron chi connectivity index (χ4n) is 3.28. The predicted molar refractivity (Wildman–Crippen MR) is 119 cm³/mol. The molecule has 5 nitrogen and oxygen atoms in total. The number of hydrogen-bond acceptors (Lipinski definition) is 6. The van der Waals surface area contributed by atoms with Gasteiger partial charge in [0.1, 0.15) is 5.75 Å². The molecule has 1 amide bonds. The SMILES string of the molecule is CCOc1ccc2nc(N(CC3CCCO3)C(=O)CSc3ccccc3)sc2c1. The Hall–Kier alpha value is -2.09. The van der Waals surface area contributed by atoms with Crippen molar-refractivity contribution >= 4 is 44.4 Å². The van der Waals surface area contributed by atoms with Crippen LogP contribution in [0.1, 0.15) is 19.8 Å². The van der Waals surface area contributed by atoms with Gasteiger partial charge in [-0.25, -0.2) is 4.98 Å². The van der Waals surface area contributed by atoms with Crippen LogP contribution in [0.25, 0.3) is 10.2 Å². The molecule has 7 heteroatoms. The maximum absolute atomic E-state index is 13.1. The van der Waals surface area contributed by atoms with E-state index in [9.17, 15) is 4.79 Å². The average Bonchev–Trinajstić information content (AvgIpc) is 3.40. The van der Waals surface area contributed by atoms with Gasteiger partial charge in [0.25, 0.3) is 0 Å². The number of ether oxygens (including phenoxy) is 2. The number of fused-ring (bicyclic) bond motifs is 1. The van der Waals surface area contributed by atoms with E-state index in [2.05, 4.69) is 0 Å². The molecular weight excluding hydrogens is 404 g/mol. The van der Waals surface area contributed by atoms with E-state index in [1.54, 1.807) is 16.7 Å². The number of carbonyl (C=O) groups excluding carboxylic acids is 1. The number of amides is 1. The Labute approximate surface area is 179 Å². The van der Waals surface area contributed by atoms with Crippen LogP contribution in [0.15, 0.2) is 53.4 Å². The third kappa shape index (κ3) is 5.10. The van der Waals surface area contributed by atoms with Crippen LogP contribution in [0.4, 0.5) is 5.13 Å². The Bertz CT molecular complexity index is 955. The van der Waals surface area contributed by atoms with Gasteiger partial charge >= 0.3 is 0 Å². The van der Waals surface area contributed by atoms with Crippen molar-refractivity contribution in [1.29, 1.82) is 0 Å². The van der Waals surface area contributed by atoms with Crippen molar-refractivity contribution in [2.45, 2.75) is 30.8 Å². The van der Waals surface area contributed by atoms with Gasteiger partial charge in [0.2, 0.25) is 5.91 Å². The van der Waals surface area contributed by atoms with E-state index in [4.69, 9.17) is 14.5 Å². The maximum Gasteiger partial charge on any atom is 0.239 e. The zero-order valence-electron chi connectivity index (χ0n) is 16.4. The molecule has 4 rings (SSSR count). The molecule has 1 atom stereocenters. The lowest BCUT2D eigenvalue weighted by Crippen LogP contribution is -2.38. The normalized spacial score (nSPS) is 16.2. The minimum absolute atomic E-state index is 0.0541. The second kappa shape index (κ2) is 9.61. The first-order valence-electron chi connectivity index (χ1n) is 9.86. The molecule has 0 N–H and O–H groups in total. The van der Waals surface area contributed by atoms with Crippen LogP contribution in [0.3, 0.4) is 0 Å². The van der Waals surface area contributed by atoms with Gasteiger partial charge in [-0.2, -0.15) is 0 Å².